The number of carbonyl (C=O) groups excluding carboxylic acids is 1. The van der Waals surface area contributed by atoms with Crippen molar-refractivity contribution in [2.75, 3.05) is 0 Å². The summed E-state index contributed by atoms with van der Waals surface area (Å²) in [5.41, 5.74) is -1.07. The van der Waals surface area contributed by atoms with E-state index in [0.717, 1.165) is 17.8 Å². The molecule has 7 nitrogen and oxygen atoms in total. The number of carboxylic acid groups (broad SMARTS) is 2. The molecule has 2 N–H and O–H groups in total. The molecule has 0 saturated carbocycles. The van der Waals surface area contributed by atoms with Crippen LogP contribution in [0.1, 0.15) is 17.7 Å². The van der Waals surface area contributed by atoms with E-state index in [2.05, 4.69) is 0 Å². The number of thioether (sulfide) groups is 1. The van der Waals surface area contributed by atoms with Crippen molar-refractivity contribution in [1.29, 1.82) is 0 Å². The van der Waals surface area contributed by atoms with Gasteiger partial charge >= 0.3 is 18.1 Å². The highest BCUT2D eigenvalue weighted by molar-refractivity contribution is 8.26. The maximum Gasteiger partial charge on any atom is 0.417 e. The Balaban J connectivity index is 1.91. The lowest BCUT2D eigenvalue weighted by Crippen LogP contribution is -2.45. The van der Waals surface area contributed by atoms with Gasteiger partial charge in [0, 0.05) is 11.6 Å². The number of benzene rings is 1. The Kier molecular flexibility index (Phi) is 6.23. The van der Waals surface area contributed by atoms with Crippen LogP contribution in [0.15, 0.2) is 45.7 Å². The highest BCUT2D eigenvalue weighted by Crippen LogP contribution is 2.39. The van der Waals surface area contributed by atoms with E-state index in [9.17, 15) is 32.7 Å². The Labute approximate surface area is 182 Å². The van der Waals surface area contributed by atoms with Crippen LogP contribution in [-0.4, -0.2) is 43.3 Å². The number of carboxylic acids is 2. The van der Waals surface area contributed by atoms with E-state index in [0.29, 0.717) is 4.90 Å². The van der Waals surface area contributed by atoms with Gasteiger partial charge < -0.3 is 14.6 Å². The van der Waals surface area contributed by atoms with E-state index in [1.54, 1.807) is 0 Å². The third kappa shape index (κ3) is 4.80. The molecule has 12 heteroatoms. The predicted octanol–water partition coefficient (Wildman–Crippen LogP) is 4.09. The Morgan fingerprint density at radius 1 is 1.19 bits per heavy atom. The minimum absolute atomic E-state index is 0.0394. The molecule has 1 atom stereocenters. The summed E-state index contributed by atoms with van der Waals surface area (Å²) in [6, 6.07) is 5.79. The molecule has 1 fully saturated rings. The van der Waals surface area contributed by atoms with Gasteiger partial charge in [-0.15, -0.1) is 0 Å². The minimum atomic E-state index is -4.60. The van der Waals surface area contributed by atoms with Gasteiger partial charge in [0.05, 0.1) is 16.9 Å². The van der Waals surface area contributed by atoms with Crippen LogP contribution in [0.3, 0.4) is 0 Å². The van der Waals surface area contributed by atoms with Crippen LogP contribution in [0.2, 0.25) is 0 Å². The number of furan rings is 1. The number of hydrogen-bond donors (Lipinski definition) is 2. The summed E-state index contributed by atoms with van der Waals surface area (Å²) < 4.78 is 45.0. The fourth-order valence-corrected chi connectivity index (χ4v) is 4.19. The summed E-state index contributed by atoms with van der Waals surface area (Å²) in [5.74, 6) is -3.84. The average molecular weight is 471 g/mol. The molecule has 1 aliphatic heterocycles. The highest BCUT2D eigenvalue weighted by atomic mass is 32.2. The molecule has 31 heavy (non-hydrogen) atoms. The first-order valence-corrected chi connectivity index (χ1v) is 9.69. The summed E-state index contributed by atoms with van der Waals surface area (Å²) in [4.78, 5) is 35.6. The van der Waals surface area contributed by atoms with Crippen molar-refractivity contribution < 1.29 is 42.2 Å². The number of carbonyl (C=O) groups is 3. The number of halogens is 3. The van der Waals surface area contributed by atoms with Crippen LogP contribution in [0, 0.1) is 0 Å². The fraction of sp³-hybridized carbons (Fsp3) is 0.158. The molecule has 0 bridgehead atoms. The maximum atomic E-state index is 13.2. The quantitative estimate of drug-likeness (QED) is 0.479. The van der Waals surface area contributed by atoms with E-state index in [1.165, 1.54) is 36.4 Å². The molecule has 0 aliphatic carbocycles. The second-order valence-corrected chi connectivity index (χ2v) is 7.92. The Morgan fingerprint density at radius 2 is 1.87 bits per heavy atom. The van der Waals surface area contributed by atoms with Crippen LogP contribution < -0.4 is 0 Å². The first-order chi connectivity index (χ1) is 14.5. The number of alkyl halides is 3. The zero-order valence-corrected chi connectivity index (χ0v) is 16.9. The van der Waals surface area contributed by atoms with Crippen LogP contribution in [0.25, 0.3) is 17.4 Å². The molecule has 1 amide bonds. The largest absolute Gasteiger partial charge is 0.481 e. The number of hydrogen-bond acceptors (Lipinski definition) is 6. The minimum Gasteiger partial charge on any atom is -0.481 e. The number of aliphatic carboxylic acids is 2. The van der Waals surface area contributed by atoms with Crippen molar-refractivity contribution in [1.82, 2.24) is 4.90 Å². The molecule has 1 aromatic heterocycles. The van der Waals surface area contributed by atoms with Gasteiger partial charge in [-0.25, -0.2) is 4.79 Å². The van der Waals surface area contributed by atoms with E-state index < -0.39 is 42.0 Å². The number of nitrogens with zero attached hydrogens (tertiary/aromatic N) is 1. The first kappa shape index (κ1) is 22.6. The lowest BCUT2D eigenvalue weighted by molar-refractivity contribution is -0.150. The zero-order chi connectivity index (χ0) is 22.9. The highest BCUT2D eigenvalue weighted by Gasteiger charge is 2.41. The topological polar surface area (TPSA) is 108 Å². The third-order valence-electron chi connectivity index (χ3n) is 4.19. The molecular formula is C19H12F3NO6S2. The monoisotopic (exact) mass is 471 g/mol. The van der Waals surface area contributed by atoms with Gasteiger partial charge in [-0.3, -0.25) is 14.5 Å². The van der Waals surface area contributed by atoms with Gasteiger partial charge in [0.15, 0.2) is 0 Å². The van der Waals surface area contributed by atoms with E-state index in [1.807, 2.05) is 0 Å². The number of amides is 1. The second kappa shape index (κ2) is 8.55. The van der Waals surface area contributed by atoms with E-state index >= 15 is 0 Å². The normalized spacial score (nSPS) is 16.7. The molecule has 1 saturated heterocycles. The Morgan fingerprint density at radius 3 is 2.48 bits per heavy atom. The number of rotatable bonds is 6. The Hall–Kier alpha value is -3.12. The van der Waals surface area contributed by atoms with E-state index in [4.69, 9.17) is 21.7 Å². The molecule has 2 heterocycles. The smallest absolute Gasteiger partial charge is 0.417 e. The summed E-state index contributed by atoms with van der Waals surface area (Å²) in [5, 5.41) is 18.2. The molecule has 2 aromatic rings. The summed E-state index contributed by atoms with van der Waals surface area (Å²) in [6.07, 6.45) is -4.24. The number of thiocarbonyl (C=S) groups is 1. The van der Waals surface area contributed by atoms with Gasteiger partial charge in [-0.1, -0.05) is 42.2 Å². The molecular weight excluding hydrogens is 459 g/mol. The lowest BCUT2D eigenvalue weighted by Gasteiger charge is -2.21. The Bertz CT molecular complexity index is 1110. The molecule has 0 spiro atoms. The third-order valence-corrected chi connectivity index (χ3v) is 5.52. The van der Waals surface area contributed by atoms with Crippen molar-refractivity contribution in [3.05, 3.63) is 52.6 Å². The maximum absolute atomic E-state index is 13.2. The second-order valence-electron chi connectivity index (χ2n) is 6.25. The van der Waals surface area contributed by atoms with Crippen molar-refractivity contribution in [2.45, 2.75) is 18.6 Å². The van der Waals surface area contributed by atoms with Gasteiger partial charge in [0.2, 0.25) is 0 Å². The average Bonchev–Trinajstić information content (AvgIpc) is 3.24. The van der Waals surface area contributed by atoms with Crippen molar-refractivity contribution >= 4 is 52.2 Å². The van der Waals surface area contributed by atoms with Crippen molar-refractivity contribution in [2.24, 2.45) is 0 Å². The van der Waals surface area contributed by atoms with E-state index in [-0.39, 0.29) is 26.3 Å². The van der Waals surface area contributed by atoms with Crippen LogP contribution in [0.5, 0.6) is 0 Å². The van der Waals surface area contributed by atoms with Crippen LogP contribution in [0.4, 0.5) is 13.2 Å². The van der Waals surface area contributed by atoms with Gasteiger partial charge in [-0.2, -0.15) is 13.2 Å². The molecule has 162 valence electrons. The lowest BCUT2D eigenvalue weighted by atomic mass is 10.1. The summed E-state index contributed by atoms with van der Waals surface area (Å²) >= 11 is 5.75. The van der Waals surface area contributed by atoms with Crippen LogP contribution >= 0.6 is 24.0 Å². The standard InChI is InChI=1S/C19H12F3NO6S2/c20-19(21,22)11-4-2-1-3-10(11)13-6-5-9(29-13)7-14-16(26)23(18(30)31-14)12(17(27)28)8-15(24)25/h1-7,12H,8H2,(H,24,25)(H,27,28)/b14-7+/t12-/m0/s1. The van der Waals surface area contributed by atoms with Crippen molar-refractivity contribution in [3.8, 4) is 11.3 Å². The molecule has 3 rings (SSSR count). The van der Waals surface area contributed by atoms with Gasteiger partial charge in [0.25, 0.3) is 5.91 Å². The fourth-order valence-electron chi connectivity index (χ4n) is 2.85. The molecule has 1 aromatic carbocycles. The first-order valence-electron chi connectivity index (χ1n) is 8.47. The van der Waals surface area contributed by atoms with Crippen molar-refractivity contribution in [3.63, 3.8) is 0 Å². The zero-order valence-electron chi connectivity index (χ0n) is 15.3. The summed E-state index contributed by atoms with van der Waals surface area (Å²) in [6.45, 7) is 0. The van der Waals surface area contributed by atoms with Gasteiger partial charge in [0.1, 0.15) is 21.9 Å². The molecule has 1 aliphatic rings. The SMILES string of the molecule is O=C(O)C[C@@H](C(=O)O)N1C(=O)/C(=C\c2ccc(-c3ccccc3C(F)(F)F)o2)SC1=S. The predicted molar refractivity (Wildman–Crippen MR) is 108 cm³/mol. The van der Waals surface area contributed by atoms with Crippen LogP contribution in [-0.2, 0) is 20.6 Å². The summed E-state index contributed by atoms with van der Waals surface area (Å²) in [7, 11) is 0. The van der Waals surface area contributed by atoms with Gasteiger partial charge in [-0.05, 0) is 18.2 Å². The molecule has 0 radical (unpaired) electrons. The molecule has 0 unspecified atom stereocenters.